The molecular weight excluding hydrogens is 157 g/mol. The summed E-state index contributed by atoms with van der Waals surface area (Å²) in [5, 5.41) is 0. The van der Waals surface area contributed by atoms with Gasteiger partial charge in [-0.3, -0.25) is 0 Å². The van der Waals surface area contributed by atoms with Crippen LogP contribution in [0.1, 0.15) is 0 Å². The van der Waals surface area contributed by atoms with Crippen LogP contribution in [0.15, 0.2) is 0 Å². The van der Waals surface area contributed by atoms with Crippen molar-refractivity contribution in [2.24, 2.45) is 0 Å². The van der Waals surface area contributed by atoms with Gasteiger partial charge in [0.25, 0.3) is 0 Å². The minimum Gasteiger partial charge on any atom is -0.0149 e. The molecule has 0 bridgehead atoms. The van der Waals surface area contributed by atoms with Gasteiger partial charge in [0.1, 0.15) is 0 Å². The zero-order chi connectivity index (χ0) is 0. The summed E-state index contributed by atoms with van der Waals surface area (Å²) in [5.41, 5.74) is 0. The Kier molecular flexibility index (Phi) is 389. The summed E-state index contributed by atoms with van der Waals surface area (Å²) in [6.07, 6.45) is 0. The van der Waals surface area contributed by atoms with Crippen molar-refractivity contribution in [1.29, 1.82) is 0 Å². The first-order valence-electron chi connectivity index (χ1n) is 0. The molecule has 4 heavy (non-hydrogen) atoms. The zero-order valence-electron chi connectivity index (χ0n) is 0.679. The molecule has 0 aliphatic carbocycles. The molecule has 0 saturated carbocycles. The fourth-order valence-electron chi connectivity index (χ4n) is 0. The van der Waals surface area contributed by atoms with E-state index in [0.29, 0.717) is 0 Å². The zero-order valence-corrected chi connectivity index (χ0v) is 2.80. The predicted molar refractivity (Wildman–Crippen MR) is 21.3 cm³/mol. The normalized spacial score (nSPS) is 0. The maximum atomic E-state index is 0. The maximum absolute atomic E-state index is 0. The van der Waals surface area contributed by atoms with E-state index in [2.05, 4.69) is 0 Å². The van der Waals surface area contributed by atoms with Gasteiger partial charge in [0.2, 0.25) is 0 Å². The van der Waals surface area contributed by atoms with Crippen LogP contribution in [0.4, 0.5) is 0 Å². The van der Waals surface area contributed by atoms with Crippen LogP contribution < -0.4 is 0 Å². The summed E-state index contributed by atoms with van der Waals surface area (Å²) in [6.45, 7) is 0. The summed E-state index contributed by atoms with van der Waals surface area (Å²) < 4.78 is 0. The van der Waals surface area contributed by atoms with Crippen molar-refractivity contribution in [1.82, 2.24) is 0 Å². The fourth-order valence-corrected chi connectivity index (χ4v) is 0. The number of rotatable bonds is 0. The first kappa shape index (κ1) is 56.9. The van der Waals surface area contributed by atoms with Crippen LogP contribution in [0.5, 0.6) is 0 Å². The van der Waals surface area contributed by atoms with Crippen molar-refractivity contribution in [2.75, 3.05) is 0 Å². The standard InChI is InChI=1S/BH3.Cu.Mn.H4Si/h1H3;;;1H4. The topological polar surface area (TPSA) is 0 Å². The third kappa shape index (κ3) is 10.3. The second-order valence-corrected chi connectivity index (χ2v) is 0. The first-order valence-corrected chi connectivity index (χ1v) is 0. The smallest absolute Gasteiger partial charge is 0.0149 e. The number of hydrogen-bond donors (Lipinski definition) is 0. The van der Waals surface area contributed by atoms with Gasteiger partial charge in [0.15, 0.2) is 0 Å². The summed E-state index contributed by atoms with van der Waals surface area (Å²) >= 11 is 0. The van der Waals surface area contributed by atoms with Gasteiger partial charge in [-0.2, -0.15) is 0 Å². The Morgan fingerprint density at radius 1 is 1.00 bits per heavy atom. The Morgan fingerprint density at radius 2 is 1.00 bits per heavy atom. The summed E-state index contributed by atoms with van der Waals surface area (Å²) in [6, 6.07) is 0. The quantitative estimate of drug-likeness (QED) is 0.344. The van der Waals surface area contributed by atoms with Crippen molar-refractivity contribution in [3.05, 3.63) is 0 Å². The third-order valence-corrected chi connectivity index (χ3v) is 0. The van der Waals surface area contributed by atoms with Gasteiger partial charge in [-0.15, -0.1) is 0 Å². The molecule has 0 aromatic rings. The van der Waals surface area contributed by atoms with Crippen molar-refractivity contribution >= 4 is 19.4 Å². The molecule has 4 heteroatoms. The second-order valence-electron chi connectivity index (χ2n) is 0. The molecule has 0 aromatic heterocycles. The molecule has 0 fully saturated rings. The van der Waals surface area contributed by atoms with Gasteiger partial charge in [-0.05, 0) is 11.0 Å². The summed E-state index contributed by atoms with van der Waals surface area (Å²) in [7, 11) is 0. The van der Waals surface area contributed by atoms with E-state index < -0.39 is 0 Å². The average Bonchev–Trinajstić information content (AvgIpc) is 0. The average molecular weight is 164 g/mol. The van der Waals surface area contributed by atoms with E-state index in [1.165, 1.54) is 0 Å². The molecule has 0 N–H and O–H groups in total. The van der Waals surface area contributed by atoms with Gasteiger partial charge < -0.3 is 0 Å². The van der Waals surface area contributed by atoms with Gasteiger partial charge >= 0.3 is 0 Å². The van der Waals surface area contributed by atoms with Crippen LogP contribution in [-0.2, 0) is 34.1 Å². The van der Waals surface area contributed by atoms with Crippen LogP contribution in [0, 0.1) is 0 Å². The molecule has 0 aliphatic rings. The third-order valence-electron chi connectivity index (χ3n) is 0. The monoisotopic (exact) mass is 164 g/mol. The van der Waals surface area contributed by atoms with Crippen molar-refractivity contribution < 1.29 is 34.1 Å². The van der Waals surface area contributed by atoms with E-state index >= 15 is 0 Å². The minimum atomic E-state index is 0. The summed E-state index contributed by atoms with van der Waals surface area (Å²) in [5.74, 6) is 0. The van der Waals surface area contributed by atoms with Crippen LogP contribution in [0.25, 0.3) is 0 Å². The van der Waals surface area contributed by atoms with E-state index in [4.69, 9.17) is 0 Å². The Bertz CT molecular complexity index is 8.00. The van der Waals surface area contributed by atoms with E-state index in [1.54, 1.807) is 0 Å². The summed E-state index contributed by atoms with van der Waals surface area (Å²) in [4.78, 5) is 0. The van der Waals surface area contributed by atoms with Crippen LogP contribution in [-0.4, -0.2) is 19.4 Å². The SMILES string of the molecule is B.[Cu].[Mn].[SiH4]. The van der Waals surface area contributed by atoms with Crippen molar-refractivity contribution in [3.63, 3.8) is 0 Å². The van der Waals surface area contributed by atoms with E-state index in [0.717, 1.165) is 0 Å². The fraction of sp³-hybridized carbons (Fsp3) is 0. The number of hydrogen-bond acceptors (Lipinski definition) is 0. The molecular formula is H7BCuMnSi. The Hall–Kier alpha value is 1.32. The molecule has 0 aliphatic heterocycles. The molecule has 32 valence electrons. The Morgan fingerprint density at radius 3 is 1.00 bits per heavy atom. The molecule has 0 heterocycles. The van der Waals surface area contributed by atoms with Gasteiger partial charge in [0, 0.05) is 34.1 Å². The Balaban J connectivity index is 0. The van der Waals surface area contributed by atoms with Gasteiger partial charge in [0.05, 0.1) is 8.41 Å². The molecule has 0 nitrogen and oxygen atoms in total. The van der Waals surface area contributed by atoms with E-state index in [-0.39, 0.29) is 53.5 Å². The molecule has 0 aromatic carbocycles. The van der Waals surface area contributed by atoms with Gasteiger partial charge in [-0.25, -0.2) is 0 Å². The molecule has 0 amide bonds. The predicted octanol–water partition coefficient (Wildman–Crippen LogP) is -2.64. The largest absolute Gasteiger partial charge is 0.0814 e. The second kappa shape index (κ2) is 27.3. The van der Waals surface area contributed by atoms with Gasteiger partial charge in [-0.1, -0.05) is 0 Å². The molecule has 2 radical (unpaired) electrons. The van der Waals surface area contributed by atoms with E-state index in [1.807, 2.05) is 0 Å². The molecule has 0 saturated heterocycles. The van der Waals surface area contributed by atoms with Crippen molar-refractivity contribution in [2.45, 2.75) is 0 Å². The minimum absolute atomic E-state index is 0. The molecule has 0 spiro atoms. The Labute approximate surface area is 53.7 Å². The first-order chi connectivity index (χ1) is 0. The molecule has 0 rings (SSSR count). The van der Waals surface area contributed by atoms with Crippen LogP contribution in [0.2, 0.25) is 0 Å². The maximum Gasteiger partial charge on any atom is 0.0814 e. The van der Waals surface area contributed by atoms with Crippen LogP contribution in [0.3, 0.4) is 0 Å². The molecule has 0 unspecified atom stereocenters. The van der Waals surface area contributed by atoms with Crippen molar-refractivity contribution in [3.8, 4) is 0 Å². The van der Waals surface area contributed by atoms with Crippen LogP contribution >= 0.6 is 0 Å². The molecule has 0 atom stereocenters. The van der Waals surface area contributed by atoms with E-state index in [9.17, 15) is 0 Å².